The van der Waals surface area contributed by atoms with Crippen molar-refractivity contribution < 1.29 is 18.3 Å². The molecule has 1 unspecified atom stereocenters. The Bertz CT molecular complexity index is 518. The third-order valence-corrected chi connectivity index (χ3v) is 2.58. The minimum atomic E-state index is -1.11. The highest BCUT2D eigenvalue weighted by molar-refractivity contribution is 5.77. The molecule has 0 radical (unpaired) electrons. The molecule has 1 aromatic carbocycles. The summed E-state index contributed by atoms with van der Waals surface area (Å²) in [5.74, 6) is -2.85. The lowest BCUT2D eigenvalue weighted by Crippen LogP contribution is -2.31. The fourth-order valence-corrected chi connectivity index (χ4v) is 1.62. The van der Waals surface area contributed by atoms with Crippen LogP contribution in [0.4, 0.5) is 8.78 Å². The smallest absolute Gasteiger partial charge is 0.327 e. The number of ether oxygens (including phenoxy) is 1. The number of azide groups is 1. The molecule has 0 aliphatic heterocycles. The first-order valence-electron chi connectivity index (χ1n) is 5.87. The van der Waals surface area contributed by atoms with Crippen molar-refractivity contribution >= 4 is 5.97 Å². The molecule has 6 nitrogen and oxygen atoms in total. The summed E-state index contributed by atoms with van der Waals surface area (Å²) in [7, 11) is 1.16. The number of hydrogen-bond donors (Lipinski definition) is 1. The molecule has 0 saturated heterocycles. The Labute approximate surface area is 114 Å². The van der Waals surface area contributed by atoms with Gasteiger partial charge >= 0.3 is 5.97 Å². The van der Waals surface area contributed by atoms with E-state index in [2.05, 4.69) is 20.1 Å². The molecular formula is C12H14F2N4O2. The maximum atomic E-state index is 13.7. The number of benzene rings is 1. The number of halogens is 2. The lowest BCUT2D eigenvalue weighted by Gasteiger charge is -2.17. The molecule has 20 heavy (non-hydrogen) atoms. The predicted octanol–water partition coefficient (Wildman–Crippen LogP) is 2.47. The van der Waals surface area contributed by atoms with Gasteiger partial charge < -0.3 is 10.1 Å². The molecule has 0 amide bonds. The van der Waals surface area contributed by atoms with Crippen molar-refractivity contribution in [3.63, 3.8) is 0 Å². The van der Waals surface area contributed by atoms with Gasteiger partial charge in [-0.05, 0) is 24.6 Å². The zero-order valence-electron chi connectivity index (χ0n) is 10.8. The van der Waals surface area contributed by atoms with Gasteiger partial charge in [-0.15, -0.1) is 0 Å². The van der Waals surface area contributed by atoms with Gasteiger partial charge in [0.25, 0.3) is 0 Å². The summed E-state index contributed by atoms with van der Waals surface area (Å²) in [6.45, 7) is 0.526. The molecule has 108 valence electrons. The number of rotatable bonds is 7. The van der Waals surface area contributed by atoms with Crippen molar-refractivity contribution in [2.75, 3.05) is 20.2 Å². The normalized spacial score (nSPS) is 11.6. The third kappa shape index (κ3) is 4.18. The van der Waals surface area contributed by atoms with Crippen LogP contribution < -0.4 is 5.32 Å². The Morgan fingerprint density at radius 1 is 1.55 bits per heavy atom. The van der Waals surface area contributed by atoms with Crippen LogP contribution in [0.1, 0.15) is 18.0 Å². The Morgan fingerprint density at radius 2 is 2.30 bits per heavy atom. The van der Waals surface area contributed by atoms with E-state index < -0.39 is 23.6 Å². The van der Waals surface area contributed by atoms with E-state index in [-0.39, 0.29) is 18.7 Å². The minimum Gasteiger partial charge on any atom is -0.468 e. The maximum Gasteiger partial charge on any atom is 0.327 e. The van der Waals surface area contributed by atoms with Gasteiger partial charge in [-0.3, -0.25) is 0 Å². The van der Waals surface area contributed by atoms with Gasteiger partial charge in [-0.25, -0.2) is 13.6 Å². The van der Waals surface area contributed by atoms with Gasteiger partial charge in [0.2, 0.25) is 0 Å². The SMILES string of the molecule is COC(=O)C(NCCCN=[N+]=[N-])c1cccc(F)c1F. The van der Waals surface area contributed by atoms with Crippen molar-refractivity contribution in [3.8, 4) is 0 Å². The zero-order valence-corrected chi connectivity index (χ0v) is 10.8. The summed E-state index contributed by atoms with van der Waals surface area (Å²) in [6.07, 6.45) is 0.453. The van der Waals surface area contributed by atoms with Crippen LogP contribution in [0, 0.1) is 11.6 Å². The first-order valence-corrected chi connectivity index (χ1v) is 5.87. The lowest BCUT2D eigenvalue weighted by atomic mass is 10.1. The molecule has 0 saturated carbocycles. The Balaban J connectivity index is 2.81. The Hall–Kier alpha value is -2.18. The molecule has 1 aromatic rings. The van der Waals surface area contributed by atoms with Gasteiger partial charge in [0.05, 0.1) is 7.11 Å². The fraction of sp³-hybridized carbons (Fsp3) is 0.417. The van der Waals surface area contributed by atoms with Gasteiger partial charge in [0, 0.05) is 17.0 Å². The second kappa shape index (κ2) is 8.08. The molecule has 0 aromatic heterocycles. The monoisotopic (exact) mass is 284 g/mol. The van der Waals surface area contributed by atoms with E-state index >= 15 is 0 Å². The molecule has 1 atom stereocenters. The Morgan fingerprint density at radius 3 is 2.95 bits per heavy atom. The van der Waals surface area contributed by atoms with Gasteiger partial charge in [0.1, 0.15) is 6.04 Å². The molecule has 8 heteroatoms. The fourth-order valence-electron chi connectivity index (χ4n) is 1.62. The van der Waals surface area contributed by atoms with Crippen LogP contribution in [0.5, 0.6) is 0 Å². The number of methoxy groups -OCH3 is 1. The van der Waals surface area contributed by atoms with Crippen molar-refractivity contribution in [1.82, 2.24) is 5.32 Å². The van der Waals surface area contributed by atoms with Crippen LogP contribution >= 0.6 is 0 Å². The summed E-state index contributed by atoms with van der Waals surface area (Å²) in [6, 6.07) is 2.47. The average Bonchev–Trinajstić information content (AvgIpc) is 2.46. The second-order valence-electron chi connectivity index (χ2n) is 3.86. The van der Waals surface area contributed by atoms with E-state index in [0.717, 1.165) is 13.2 Å². The molecule has 0 aliphatic rings. The molecular weight excluding hydrogens is 270 g/mol. The van der Waals surface area contributed by atoms with Crippen LogP contribution in [0.25, 0.3) is 10.4 Å². The van der Waals surface area contributed by atoms with E-state index in [1.165, 1.54) is 12.1 Å². The topological polar surface area (TPSA) is 87.1 Å². The largest absolute Gasteiger partial charge is 0.468 e. The highest BCUT2D eigenvalue weighted by atomic mass is 19.2. The van der Waals surface area contributed by atoms with Crippen LogP contribution in [-0.4, -0.2) is 26.2 Å². The summed E-state index contributed by atoms with van der Waals surface area (Å²) in [4.78, 5) is 14.2. The summed E-state index contributed by atoms with van der Waals surface area (Å²) in [5, 5.41) is 6.08. The molecule has 1 rings (SSSR count). The second-order valence-corrected chi connectivity index (χ2v) is 3.86. The standard InChI is InChI=1S/C12H14F2N4O2/c1-20-12(19)11(16-6-3-7-17-18-15)8-4-2-5-9(13)10(8)14/h2,4-5,11,16H,3,6-7H2,1H3. The van der Waals surface area contributed by atoms with Crippen molar-refractivity contribution in [2.24, 2.45) is 5.11 Å². The van der Waals surface area contributed by atoms with E-state index in [9.17, 15) is 13.6 Å². The molecule has 0 fully saturated rings. The van der Waals surface area contributed by atoms with E-state index in [0.29, 0.717) is 6.42 Å². The van der Waals surface area contributed by atoms with Crippen molar-refractivity contribution in [2.45, 2.75) is 12.5 Å². The Kier molecular flexibility index (Phi) is 6.42. The predicted molar refractivity (Wildman–Crippen MR) is 67.7 cm³/mol. The number of carbonyl (C=O) groups excluding carboxylic acids is 1. The number of nitrogens with one attached hydrogen (secondary N) is 1. The quantitative estimate of drug-likeness (QED) is 0.274. The number of carbonyl (C=O) groups is 1. The average molecular weight is 284 g/mol. The summed E-state index contributed by atoms with van der Waals surface area (Å²) < 4.78 is 31.4. The van der Waals surface area contributed by atoms with Crippen molar-refractivity contribution in [3.05, 3.63) is 45.8 Å². The van der Waals surface area contributed by atoms with Gasteiger partial charge in [-0.2, -0.15) is 0 Å². The molecule has 0 heterocycles. The van der Waals surface area contributed by atoms with Crippen LogP contribution in [0.2, 0.25) is 0 Å². The molecule has 1 N–H and O–H groups in total. The molecule has 0 spiro atoms. The van der Waals surface area contributed by atoms with Crippen molar-refractivity contribution in [1.29, 1.82) is 0 Å². The zero-order chi connectivity index (χ0) is 15.0. The number of nitrogens with zero attached hydrogens (tertiary/aromatic N) is 3. The van der Waals surface area contributed by atoms with Crippen LogP contribution in [0.15, 0.2) is 23.3 Å². The summed E-state index contributed by atoms with van der Waals surface area (Å²) >= 11 is 0. The van der Waals surface area contributed by atoms with Gasteiger partial charge in [0.15, 0.2) is 11.6 Å². The number of esters is 1. The first-order chi connectivity index (χ1) is 9.61. The van der Waals surface area contributed by atoms with Crippen LogP contribution in [0.3, 0.4) is 0 Å². The molecule has 0 aliphatic carbocycles. The van der Waals surface area contributed by atoms with E-state index in [1.807, 2.05) is 0 Å². The van der Waals surface area contributed by atoms with Crippen LogP contribution in [-0.2, 0) is 9.53 Å². The highest BCUT2D eigenvalue weighted by Crippen LogP contribution is 2.20. The lowest BCUT2D eigenvalue weighted by molar-refractivity contribution is -0.143. The summed E-state index contributed by atoms with van der Waals surface area (Å²) in [5.41, 5.74) is 7.99. The van der Waals surface area contributed by atoms with E-state index in [1.54, 1.807) is 0 Å². The highest BCUT2D eigenvalue weighted by Gasteiger charge is 2.25. The number of hydrogen-bond acceptors (Lipinski definition) is 4. The first kappa shape index (κ1) is 15.9. The maximum absolute atomic E-state index is 13.7. The minimum absolute atomic E-state index is 0.124. The van der Waals surface area contributed by atoms with E-state index in [4.69, 9.17) is 5.53 Å². The van der Waals surface area contributed by atoms with Gasteiger partial charge in [-0.1, -0.05) is 17.2 Å². The molecule has 0 bridgehead atoms. The third-order valence-electron chi connectivity index (χ3n) is 2.58.